The molecule has 82 valence electrons. The lowest BCUT2D eigenvalue weighted by atomic mass is 10.00. The number of hydrogen-bond donors (Lipinski definition) is 0. The number of Topliss-reactive ketones (excluding diaryl/α,β-unsaturated/α-hetero) is 1. The monoisotopic (exact) mass is 206 g/mol. The van der Waals surface area contributed by atoms with E-state index in [1.54, 1.807) is 7.11 Å². The molecule has 0 aliphatic heterocycles. The molecule has 0 saturated heterocycles. The van der Waals surface area contributed by atoms with E-state index in [1.165, 1.54) is 0 Å². The van der Waals surface area contributed by atoms with Crippen LogP contribution in [0.5, 0.6) is 5.75 Å². The van der Waals surface area contributed by atoms with Gasteiger partial charge in [0.15, 0.2) is 0 Å². The Morgan fingerprint density at radius 1 is 1.40 bits per heavy atom. The molecule has 2 heteroatoms. The zero-order valence-electron chi connectivity index (χ0n) is 9.83. The Balaban J connectivity index is 2.80. The summed E-state index contributed by atoms with van der Waals surface area (Å²) >= 11 is 0. The number of aryl methyl sites for hydroxylation is 1. The third kappa shape index (κ3) is 3.08. The lowest BCUT2D eigenvalue weighted by molar-refractivity contribution is -0.121. The van der Waals surface area contributed by atoms with Crippen LogP contribution < -0.4 is 4.74 Å². The van der Waals surface area contributed by atoms with Crippen molar-refractivity contribution in [1.82, 2.24) is 0 Å². The molecular weight excluding hydrogens is 188 g/mol. The topological polar surface area (TPSA) is 26.3 Å². The molecule has 0 radical (unpaired) electrons. The van der Waals surface area contributed by atoms with Gasteiger partial charge in [0.1, 0.15) is 11.5 Å². The lowest BCUT2D eigenvalue weighted by Gasteiger charge is -2.08. The first-order chi connectivity index (χ1) is 7.04. The van der Waals surface area contributed by atoms with Crippen LogP contribution in [0.3, 0.4) is 0 Å². The van der Waals surface area contributed by atoms with Gasteiger partial charge in [-0.3, -0.25) is 4.79 Å². The van der Waals surface area contributed by atoms with Crippen molar-refractivity contribution in [2.75, 3.05) is 7.11 Å². The number of carbonyl (C=O) groups is 1. The molecule has 15 heavy (non-hydrogen) atoms. The molecule has 2 nitrogen and oxygen atoms in total. The van der Waals surface area contributed by atoms with Crippen molar-refractivity contribution in [2.24, 2.45) is 5.92 Å². The minimum Gasteiger partial charge on any atom is -0.496 e. The van der Waals surface area contributed by atoms with E-state index in [0.717, 1.165) is 16.9 Å². The highest BCUT2D eigenvalue weighted by molar-refractivity contribution is 5.82. The number of methoxy groups -OCH3 is 1. The molecule has 0 unspecified atom stereocenters. The Kier molecular flexibility index (Phi) is 3.89. The summed E-state index contributed by atoms with van der Waals surface area (Å²) in [5.74, 6) is 1.25. The molecule has 1 aromatic rings. The summed E-state index contributed by atoms with van der Waals surface area (Å²) < 4.78 is 5.17. The van der Waals surface area contributed by atoms with Crippen LogP contribution in [0, 0.1) is 12.8 Å². The first kappa shape index (κ1) is 11.8. The van der Waals surface area contributed by atoms with Gasteiger partial charge in [0.2, 0.25) is 0 Å². The molecule has 0 aliphatic carbocycles. The molecule has 0 heterocycles. The van der Waals surface area contributed by atoms with E-state index in [-0.39, 0.29) is 11.7 Å². The van der Waals surface area contributed by atoms with E-state index in [9.17, 15) is 4.79 Å². The van der Waals surface area contributed by atoms with Crippen LogP contribution in [-0.2, 0) is 11.2 Å². The number of benzene rings is 1. The van der Waals surface area contributed by atoms with Crippen molar-refractivity contribution in [1.29, 1.82) is 0 Å². The fourth-order valence-electron chi connectivity index (χ4n) is 1.46. The van der Waals surface area contributed by atoms with E-state index >= 15 is 0 Å². The summed E-state index contributed by atoms with van der Waals surface area (Å²) in [5.41, 5.74) is 2.14. The highest BCUT2D eigenvalue weighted by Crippen LogP contribution is 2.19. The van der Waals surface area contributed by atoms with Crippen LogP contribution in [-0.4, -0.2) is 12.9 Å². The molecule has 0 spiro atoms. The Bertz CT molecular complexity index is 354. The first-order valence-corrected chi connectivity index (χ1v) is 5.21. The Labute approximate surface area is 91.3 Å². The zero-order valence-corrected chi connectivity index (χ0v) is 9.83. The average Bonchev–Trinajstić information content (AvgIpc) is 2.18. The number of ether oxygens (including phenoxy) is 1. The van der Waals surface area contributed by atoms with Gasteiger partial charge >= 0.3 is 0 Å². The number of rotatable bonds is 4. The maximum atomic E-state index is 11.5. The van der Waals surface area contributed by atoms with E-state index in [4.69, 9.17) is 4.74 Å². The predicted octanol–water partition coefficient (Wildman–Crippen LogP) is 2.77. The summed E-state index contributed by atoms with van der Waals surface area (Å²) in [6, 6.07) is 5.88. The third-order valence-corrected chi connectivity index (χ3v) is 2.48. The van der Waals surface area contributed by atoms with E-state index in [1.807, 2.05) is 39.0 Å². The van der Waals surface area contributed by atoms with Gasteiger partial charge in [-0.25, -0.2) is 0 Å². The maximum absolute atomic E-state index is 11.5. The van der Waals surface area contributed by atoms with Crippen LogP contribution in [0.4, 0.5) is 0 Å². The second kappa shape index (κ2) is 4.96. The van der Waals surface area contributed by atoms with Gasteiger partial charge < -0.3 is 4.74 Å². The van der Waals surface area contributed by atoms with Crippen molar-refractivity contribution >= 4 is 5.78 Å². The summed E-state index contributed by atoms with van der Waals surface area (Å²) in [6.07, 6.45) is 0.516. The molecule has 0 saturated carbocycles. The highest BCUT2D eigenvalue weighted by atomic mass is 16.5. The third-order valence-electron chi connectivity index (χ3n) is 2.48. The second-order valence-corrected chi connectivity index (χ2v) is 4.10. The van der Waals surface area contributed by atoms with Gasteiger partial charge in [-0.1, -0.05) is 26.0 Å². The molecule has 1 aromatic carbocycles. The van der Waals surface area contributed by atoms with E-state index in [0.29, 0.717) is 6.42 Å². The molecule has 0 fully saturated rings. The Hall–Kier alpha value is -1.31. The Morgan fingerprint density at radius 3 is 2.53 bits per heavy atom. The lowest BCUT2D eigenvalue weighted by Crippen LogP contribution is -2.10. The van der Waals surface area contributed by atoms with E-state index in [2.05, 4.69) is 0 Å². The summed E-state index contributed by atoms with van der Waals surface area (Å²) in [5, 5.41) is 0. The smallest absolute Gasteiger partial charge is 0.139 e. The van der Waals surface area contributed by atoms with E-state index < -0.39 is 0 Å². The van der Waals surface area contributed by atoms with Gasteiger partial charge in [0.05, 0.1) is 7.11 Å². The molecule has 0 bridgehead atoms. The molecule has 0 N–H and O–H groups in total. The van der Waals surface area contributed by atoms with Gasteiger partial charge in [-0.15, -0.1) is 0 Å². The summed E-state index contributed by atoms with van der Waals surface area (Å²) in [4.78, 5) is 11.5. The van der Waals surface area contributed by atoms with Crippen LogP contribution >= 0.6 is 0 Å². The van der Waals surface area contributed by atoms with Gasteiger partial charge in [0, 0.05) is 12.3 Å². The van der Waals surface area contributed by atoms with Crippen molar-refractivity contribution in [2.45, 2.75) is 27.2 Å². The molecule has 0 aliphatic rings. The standard InChI is InChI=1S/C13H18O2/c1-9(2)12(14)8-11-5-6-13(15-4)10(3)7-11/h5-7,9H,8H2,1-4H3. The second-order valence-electron chi connectivity index (χ2n) is 4.10. The van der Waals surface area contributed by atoms with Crippen LogP contribution in [0.2, 0.25) is 0 Å². The fraction of sp³-hybridized carbons (Fsp3) is 0.462. The molecule has 0 aromatic heterocycles. The number of hydrogen-bond acceptors (Lipinski definition) is 2. The molecule has 0 atom stereocenters. The van der Waals surface area contributed by atoms with Crippen molar-refractivity contribution < 1.29 is 9.53 Å². The SMILES string of the molecule is COc1ccc(CC(=O)C(C)C)cc1C. The van der Waals surface area contributed by atoms with Gasteiger partial charge in [0.25, 0.3) is 0 Å². The normalized spacial score (nSPS) is 10.5. The fourth-order valence-corrected chi connectivity index (χ4v) is 1.46. The van der Waals surface area contributed by atoms with Gasteiger partial charge in [-0.05, 0) is 24.1 Å². The average molecular weight is 206 g/mol. The Morgan fingerprint density at radius 2 is 2.07 bits per heavy atom. The number of ketones is 1. The molecule has 0 amide bonds. The number of carbonyl (C=O) groups excluding carboxylic acids is 1. The zero-order chi connectivity index (χ0) is 11.4. The first-order valence-electron chi connectivity index (χ1n) is 5.21. The highest BCUT2D eigenvalue weighted by Gasteiger charge is 2.09. The summed E-state index contributed by atoms with van der Waals surface area (Å²) in [7, 11) is 1.65. The molecular formula is C13H18O2. The van der Waals surface area contributed by atoms with Crippen molar-refractivity contribution in [3.05, 3.63) is 29.3 Å². The quantitative estimate of drug-likeness (QED) is 0.757. The maximum Gasteiger partial charge on any atom is 0.139 e. The van der Waals surface area contributed by atoms with Crippen LogP contribution in [0.25, 0.3) is 0 Å². The predicted molar refractivity (Wildman–Crippen MR) is 61.3 cm³/mol. The minimum atomic E-state index is 0.104. The van der Waals surface area contributed by atoms with Crippen molar-refractivity contribution in [3.63, 3.8) is 0 Å². The van der Waals surface area contributed by atoms with Crippen molar-refractivity contribution in [3.8, 4) is 5.75 Å². The largest absolute Gasteiger partial charge is 0.496 e. The van der Waals surface area contributed by atoms with Crippen LogP contribution in [0.15, 0.2) is 18.2 Å². The van der Waals surface area contributed by atoms with Crippen LogP contribution in [0.1, 0.15) is 25.0 Å². The van der Waals surface area contributed by atoms with Gasteiger partial charge in [-0.2, -0.15) is 0 Å². The minimum absolute atomic E-state index is 0.104. The molecule has 1 rings (SSSR count). The summed E-state index contributed by atoms with van der Waals surface area (Å²) in [6.45, 7) is 5.85.